The van der Waals surface area contributed by atoms with Gasteiger partial charge < -0.3 is 15.0 Å². The number of carbonyl (C=O) groups is 1. The quantitative estimate of drug-likeness (QED) is 0.909. The van der Waals surface area contributed by atoms with Gasteiger partial charge in [0.05, 0.1) is 7.11 Å². The van der Waals surface area contributed by atoms with Crippen LogP contribution in [-0.2, 0) is 6.54 Å². The molecule has 5 nitrogen and oxygen atoms in total. The molecule has 22 heavy (non-hydrogen) atoms. The molecule has 1 heterocycles. The summed E-state index contributed by atoms with van der Waals surface area (Å²) in [4.78, 5) is 26.9. The second-order valence-electron chi connectivity index (χ2n) is 5.31. The van der Waals surface area contributed by atoms with E-state index in [0.29, 0.717) is 16.9 Å². The van der Waals surface area contributed by atoms with Gasteiger partial charge in [-0.2, -0.15) is 0 Å². The molecule has 0 spiro atoms. The van der Waals surface area contributed by atoms with E-state index in [-0.39, 0.29) is 18.0 Å². The van der Waals surface area contributed by atoms with Gasteiger partial charge in [-0.25, -0.2) is 0 Å². The summed E-state index contributed by atoms with van der Waals surface area (Å²) >= 11 is 0. The van der Waals surface area contributed by atoms with Crippen molar-refractivity contribution >= 4 is 5.91 Å². The molecule has 5 heteroatoms. The molecule has 0 aliphatic rings. The topological polar surface area (TPSA) is 71.2 Å². The second-order valence-corrected chi connectivity index (χ2v) is 5.31. The van der Waals surface area contributed by atoms with Gasteiger partial charge in [0.25, 0.3) is 11.5 Å². The largest absolute Gasteiger partial charge is 0.496 e. The molecule has 1 aromatic carbocycles. The first-order chi connectivity index (χ1) is 10.4. The molecule has 0 unspecified atom stereocenters. The van der Waals surface area contributed by atoms with Crippen LogP contribution in [-0.4, -0.2) is 18.0 Å². The third-order valence-corrected chi connectivity index (χ3v) is 3.59. The molecule has 1 amide bonds. The molecule has 0 saturated carbocycles. The summed E-state index contributed by atoms with van der Waals surface area (Å²) in [6.45, 7) is 5.79. The summed E-state index contributed by atoms with van der Waals surface area (Å²) in [7, 11) is 1.57. The third kappa shape index (κ3) is 3.36. The van der Waals surface area contributed by atoms with Crippen LogP contribution < -0.4 is 15.6 Å². The molecule has 0 bridgehead atoms. The molecule has 2 rings (SSSR count). The van der Waals surface area contributed by atoms with Crippen molar-refractivity contribution in [3.05, 3.63) is 62.6 Å². The second kappa shape index (κ2) is 6.47. The van der Waals surface area contributed by atoms with Gasteiger partial charge in [0.15, 0.2) is 0 Å². The Morgan fingerprint density at radius 3 is 2.55 bits per heavy atom. The van der Waals surface area contributed by atoms with Crippen molar-refractivity contribution in [2.75, 3.05) is 7.11 Å². The summed E-state index contributed by atoms with van der Waals surface area (Å²) in [6, 6.07) is 7.14. The van der Waals surface area contributed by atoms with Crippen LogP contribution >= 0.6 is 0 Å². The van der Waals surface area contributed by atoms with E-state index in [1.807, 2.05) is 32.9 Å². The number of hydrogen-bond donors (Lipinski definition) is 2. The monoisotopic (exact) mass is 300 g/mol. The normalized spacial score (nSPS) is 10.4. The molecule has 2 N–H and O–H groups in total. The van der Waals surface area contributed by atoms with E-state index in [1.165, 1.54) is 0 Å². The fraction of sp³-hybridized carbons (Fsp3) is 0.294. The number of aromatic nitrogens is 1. The van der Waals surface area contributed by atoms with Gasteiger partial charge in [-0.05, 0) is 50.1 Å². The number of aromatic amines is 1. The smallest absolute Gasteiger partial charge is 0.253 e. The Morgan fingerprint density at radius 2 is 1.91 bits per heavy atom. The zero-order valence-electron chi connectivity index (χ0n) is 13.2. The zero-order valence-corrected chi connectivity index (χ0v) is 13.2. The fourth-order valence-electron chi connectivity index (χ4n) is 2.33. The summed E-state index contributed by atoms with van der Waals surface area (Å²) < 4.78 is 5.21. The summed E-state index contributed by atoms with van der Waals surface area (Å²) in [5.41, 5.74) is 3.54. The molecule has 116 valence electrons. The average molecular weight is 300 g/mol. The molecule has 0 atom stereocenters. The Balaban J connectivity index is 2.15. The number of rotatable bonds is 4. The number of H-pyrrole nitrogens is 1. The standard InChI is InChI=1S/C17H20N2O3/c1-10-5-6-13(8-15(10)22-4)16(20)18-9-14-11(2)7-12(3)19-17(14)21/h5-8H,9H2,1-4H3,(H,18,20)(H,19,21). The van der Waals surface area contributed by atoms with E-state index in [4.69, 9.17) is 4.74 Å². The van der Waals surface area contributed by atoms with Gasteiger partial charge in [0.1, 0.15) is 5.75 Å². The molecule has 0 saturated heterocycles. The van der Waals surface area contributed by atoms with Gasteiger partial charge in [0.2, 0.25) is 0 Å². The number of carbonyl (C=O) groups excluding carboxylic acids is 1. The van der Waals surface area contributed by atoms with Gasteiger partial charge in [0, 0.05) is 23.4 Å². The molecule has 0 aliphatic carbocycles. The first-order valence-electron chi connectivity index (χ1n) is 7.04. The van der Waals surface area contributed by atoms with Crippen molar-refractivity contribution in [3.8, 4) is 5.75 Å². The maximum Gasteiger partial charge on any atom is 0.253 e. The number of methoxy groups -OCH3 is 1. The van der Waals surface area contributed by atoms with E-state index < -0.39 is 0 Å². The maximum absolute atomic E-state index is 12.2. The number of hydrogen-bond acceptors (Lipinski definition) is 3. The Hall–Kier alpha value is -2.56. The highest BCUT2D eigenvalue weighted by molar-refractivity contribution is 5.94. The van der Waals surface area contributed by atoms with Crippen LogP contribution in [0.25, 0.3) is 0 Å². The van der Waals surface area contributed by atoms with Gasteiger partial charge in [-0.15, -0.1) is 0 Å². The predicted octanol–water partition coefficient (Wildman–Crippen LogP) is 2.24. The van der Waals surface area contributed by atoms with Crippen molar-refractivity contribution in [1.29, 1.82) is 0 Å². The summed E-state index contributed by atoms with van der Waals surface area (Å²) in [5, 5.41) is 2.77. The summed E-state index contributed by atoms with van der Waals surface area (Å²) in [6.07, 6.45) is 0. The average Bonchev–Trinajstić information content (AvgIpc) is 2.46. The Labute approximate surface area is 129 Å². The summed E-state index contributed by atoms with van der Waals surface area (Å²) in [5.74, 6) is 0.426. The molecule has 2 aromatic rings. The van der Waals surface area contributed by atoms with Crippen LogP contribution in [0.2, 0.25) is 0 Å². The SMILES string of the molecule is COc1cc(C(=O)NCc2c(C)cc(C)[nH]c2=O)ccc1C. The number of pyridine rings is 1. The van der Waals surface area contributed by atoms with Crippen molar-refractivity contribution in [2.24, 2.45) is 0 Å². The van der Waals surface area contributed by atoms with E-state index >= 15 is 0 Å². The minimum absolute atomic E-state index is 0.167. The lowest BCUT2D eigenvalue weighted by Gasteiger charge is -2.10. The van der Waals surface area contributed by atoms with Gasteiger partial charge in [-0.3, -0.25) is 9.59 Å². The maximum atomic E-state index is 12.2. The van der Waals surface area contributed by atoms with Gasteiger partial charge >= 0.3 is 0 Å². The first-order valence-corrected chi connectivity index (χ1v) is 7.04. The number of amides is 1. The highest BCUT2D eigenvalue weighted by atomic mass is 16.5. The molecule has 0 aliphatic heterocycles. The van der Waals surface area contributed by atoms with Crippen molar-refractivity contribution < 1.29 is 9.53 Å². The Morgan fingerprint density at radius 1 is 1.18 bits per heavy atom. The van der Waals surface area contributed by atoms with E-state index in [2.05, 4.69) is 10.3 Å². The highest BCUT2D eigenvalue weighted by Crippen LogP contribution is 2.18. The third-order valence-electron chi connectivity index (χ3n) is 3.59. The highest BCUT2D eigenvalue weighted by Gasteiger charge is 2.11. The minimum atomic E-state index is -0.238. The molecule has 1 aromatic heterocycles. The molecule has 0 fully saturated rings. The van der Waals surface area contributed by atoms with Crippen LogP contribution in [0.1, 0.15) is 32.7 Å². The number of aryl methyl sites for hydroxylation is 3. The lowest BCUT2D eigenvalue weighted by Crippen LogP contribution is -2.27. The number of benzene rings is 1. The van der Waals surface area contributed by atoms with Crippen molar-refractivity contribution in [1.82, 2.24) is 10.3 Å². The number of nitrogens with one attached hydrogen (secondary N) is 2. The van der Waals surface area contributed by atoms with Gasteiger partial charge in [-0.1, -0.05) is 6.07 Å². The Bertz CT molecular complexity index is 763. The van der Waals surface area contributed by atoms with Crippen LogP contribution in [0.15, 0.2) is 29.1 Å². The van der Waals surface area contributed by atoms with E-state index in [9.17, 15) is 9.59 Å². The minimum Gasteiger partial charge on any atom is -0.496 e. The predicted molar refractivity (Wildman–Crippen MR) is 85.4 cm³/mol. The van der Waals surface area contributed by atoms with Crippen LogP contribution in [0.3, 0.4) is 0 Å². The van der Waals surface area contributed by atoms with Crippen molar-refractivity contribution in [3.63, 3.8) is 0 Å². The molecular weight excluding hydrogens is 280 g/mol. The Kier molecular flexibility index (Phi) is 4.65. The lowest BCUT2D eigenvalue weighted by molar-refractivity contribution is 0.0950. The zero-order chi connectivity index (χ0) is 16.3. The fourth-order valence-corrected chi connectivity index (χ4v) is 2.33. The van der Waals surface area contributed by atoms with Crippen LogP contribution in [0.5, 0.6) is 5.75 Å². The molecular formula is C17H20N2O3. The lowest BCUT2D eigenvalue weighted by atomic mass is 10.1. The number of ether oxygens (including phenoxy) is 1. The van der Waals surface area contributed by atoms with Crippen LogP contribution in [0, 0.1) is 20.8 Å². The van der Waals surface area contributed by atoms with Crippen LogP contribution in [0.4, 0.5) is 0 Å². The van der Waals surface area contributed by atoms with Crippen molar-refractivity contribution in [2.45, 2.75) is 27.3 Å². The van der Waals surface area contributed by atoms with E-state index in [0.717, 1.165) is 16.8 Å². The van der Waals surface area contributed by atoms with E-state index in [1.54, 1.807) is 19.2 Å². The first kappa shape index (κ1) is 15.8. The molecule has 0 radical (unpaired) electrons.